The summed E-state index contributed by atoms with van der Waals surface area (Å²) in [6.45, 7) is 5.46. The Bertz CT molecular complexity index is 427. The lowest BCUT2D eigenvalue weighted by molar-refractivity contribution is 0.0635. The molecule has 0 heterocycles. The van der Waals surface area contributed by atoms with E-state index >= 15 is 0 Å². The van der Waals surface area contributed by atoms with Crippen molar-refractivity contribution in [2.75, 3.05) is 5.32 Å². The number of hydrogen-bond donors (Lipinski definition) is 4. The van der Waals surface area contributed by atoms with Crippen LogP contribution in [0.2, 0.25) is 0 Å². The molecule has 0 saturated heterocycles. The van der Waals surface area contributed by atoms with E-state index in [1.807, 2.05) is 5.48 Å². The summed E-state index contributed by atoms with van der Waals surface area (Å²) in [5.74, 6) is -0.0671. The van der Waals surface area contributed by atoms with Gasteiger partial charge in [0.2, 0.25) is 0 Å². The molecule has 0 aromatic heterocycles. The van der Waals surface area contributed by atoms with E-state index in [1.165, 1.54) is 6.07 Å². The Balaban J connectivity index is 2.77. The van der Waals surface area contributed by atoms with Gasteiger partial charge in [-0.15, -0.1) is 0 Å². The van der Waals surface area contributed by atoms with Gasteiger partial charge >= 0.3 is 6.09 Å². The molecule has 6 nitrogen and oxygen atoms in total. The molecule has 0 bridgehead atoms. The van der Waals surface area contributed by atoms with Crippen molar-refractivity contribution in [3.63, 3.8) is 0 Å². The van der Waals surface area contributed by atoms with Gasteiger partial charge in [0, 0.05) is 6.54 Å². The molecule has 1 amide bonds. The monoisotopic (exact) mass is 254 g/mol. The van der Waals surface area contributed by atoms with Crippen LogP contribution >= 0.6 is 0 Å². The maximum atomic E-state index is 11.5. The van der Waals surface area contributed by atoms with Crippen molar-refractivity contribution in [2.45, 2.75) is 32.9 Å². The maximum Gasteiger partial charge on any atom is 0.412 e. The van der Waals surface area contributed by atoms with Crippen molar-refractivity contribution in [3.05, 3.63) is 23.8 Å². The Kier molecular flexibility index (Phi) is 4.52. The highest BCUT2D eigenvalue weighted by Crippen LogP contribution is 2.24. The number of phenolic OH excluding ortho intramolecular Hbond substituents is 1. The molecule has 6 heteroatoms. The number of hydroxylamine groups is 1. The van der Waals surface area contributed by atoms with E-state index in [0.29, 0.717) is 5.56 Å². The van der Waals surface area contributed by atoms with Crippen LogP contribution in [0, 0.1) is 0 Å². The van der Waals surface area contributed by atoms with Crippen molar-refractivity contribution in [2.24, 2.45) is 0 Å². The van der Waals surface area contributed by atoms with Gasteiger partial charge < -0.3 is 15.1 Å². The molecule has 0 aliphatic carbocycles. The Hall–Kier alpha value is -1.79. The zero-order valence-electron chi connectivity index (χ0n) is 10.7. The number of carbonyl (C=O) groups excluding carboxylic acids is 1. The smallest absolute Gasteiger partial charge is 0.412 e. The lowest BCUT2D eigenvalue weighted by Crippen LogP contribution is -2.27. The second-order valence-corrected chi connectivity index (χ2v) is 4.81. The number of anilines is 1. The topological polar surface area (TPSA) is 90.8 Å². The summed E-state index contributed by atoms with van der Waals surface area (Å²) in [6, 6.07) is 4.60. The minimum atomic E-state index is -0.646. The van der Waals surface area contributed by atoms with E-state index in [4.69, 9.17) is 9.94 Å². The van der Waals surface area contributed by atoms with Crippen molar-refractivity contribution >= 4 is 11.8 Å². The summed E-state index contributed by atoms with van der Waals surface area (Å²) in [4.78, 5) is 11.5. The van der Waals surface area contributed by atoms with Crippen LogP contribution in [-0.2, 0) is 11.3 Å². The van der Waals surface area contributed by atoms with Crippen LogP contribution in [0.25, 0.3) is 0 Å². The molecule has 1 aromatic carbocycles. The Labute approximate surface area is 106 Å². The molecule has 0 spiro atoms. The fraction of sp³-hybridized carbons (Fsp3) is 0.417. The second kappa shape index (κ2) is 5.70. The summed E-state index contributed by atoms with van der Waals surface area (Å²) in [7, 11) is 0. The molecule has 100 valence electrons. The fourth-order valence-electron chi connectivity index (χ4n) is 1.30. The molecule has 0 fully saturated rings. The van der Waals surface area contributed by atoms with Crippen LogP contribution in [0.4, 0.5) is 10.5 Å². The minimum Gasteiger partial charge on any atom is -0.506 e. The van der Waals surface area contributed by atoms with Crippen LogP contribution in [-0.4, -0.2) is 22.0 Å². The number of carbonyl (C=O) groups is 1. The first-order chi connectivity index (χ1) is 8.31. The zero-order chi connectivity index (χ0) is 13.8. The molecule has 0 unspecified atom stereocenters. The van der Waals surface area contributed by atoms with E-state index in [0.717, 1.165) is 0 Å². The van der Waals surface area contributed by atoms with Crippen molar-refractivity contribution in [1.29, 1.82) is 0 Å². The van der Waals surface area contributed by atoms with E-state index in [1.54, 1.807) is 32.9 Å². The number of benzene rings is 1. The van der Waals surface area contributed by atoms with Gasteiger partial charge in [-0.2, -0.15) is 0 Å². The summed E-state index contributed by atoms with van der Waals surface area (Å²) in [5, 5.41) is 20.6. The first kappa shape index (κ1) is 14.3. The van der Waals surface area contributed by atoms with Crippen LogP contribution < -0.4 is 10.8 Å². The highest BCUT2D eigenvalue weighted by Gasteiger charge is 2.17. The number of hydrogen-bond acceptors (Lipinski definition) is 5. The molecular weight excluding hydrogens is 236 g/mol. The average molecular weight is 254 g/mol. The largest absolute Gasteiger partial charge is 0.506 e. The number of nitrogens with one attached hydrogen (secondary N) is 2. The van der Waals surface area contributed by atoms with E-state index in [9.17, 15) is 9.90 Å². The maximum absolute atomic E-state index is 11.5. The van der Waals surface area contributed by atoms with Crippen LogP contribution in [0.5, 0.6) is 5.75 Å². The van der Waals surface area contributed by atoms with E-state index < -0.39 is 11.7 Å². The van der Waals surface area contributed by atoms with Gasteiger partial charge in [-0.05, 0) is 38.5 Å². The van der Waals surface area contributed by atoms with Crippen LogP contribution in [0.1, 0.15) is 26.3 Å². The number of amides is 1. The molecule has 0 radical (unpaired) electrons. The molecule has 0 aliphatic heterocycles. The Morgan fingerprint density at radius 3 is 2.61 bits per heavy atom. The summed E-state index contributed by atoms with van der Waals surface area (Å²) >= 11 is 0. The van der Waals surface area contributed by atoms with Crippen molar-refractivity contribution in [3.8, 4) is 5.75 Å². The SMILES string of the molecule is CC(C)(C)OC(=O)Nc1cc(CNO)ccc1O. The van der Waals surface area contributed by atoms with E-state index in [-0.39, 0.29) is 18.0 Å². The third-order valence-corrected chi connectivity index (χ3v) is 1.98. The Morgan fingerprint density at radius 1 is 1.39 bits per heavy atom. The summed E-state index contributed by atoms with van der Waals surface area (Å²) in [6.07, 6.45) is -0.646. The van der Waals surface area contributed by atoms with Gasteiger partial charge in [-0.1, -0.05) is 6.07 Å². The number of ether oxygens (including phenoxy) is 1. The molecule has 1 aromatic rings. The summed E-state index contributed by atoms with van der Waals surface area (Å²) in [5.41, 5.74) is 2.33. The molecule has 4 N–H and O–H groups in total. The molecular formula is C12H18N2O4. The quantitative estimate of drug-likeness (QED) is 0.490. The average Bonchev–Trinajstić information content (AvgIpc) is 2.20. The first-order valence-corrected chi connectivity index (χ1v) is 5.50. The van der Waals surface area contributed by atoms with Crippen LogP contribution in [0.3, 0.4) is 0 Å². The molecule has 1 rings (SSSR count). The second-order valence-electron chi connectivity index (χ2n) is 4.81. The van der Waals surface area contributed by atoms with Gasteiger partial charge in [0.1, 0.15) is 11.4 Å². The minimum absolute atomic E-state index is 0.0671. The Morgan fingerprint density at radius 2 is 2.06 bits per heavy atom. The standard InChI is InChI=1S/C12H18N2O4/c1-12(2,3)18-11(16)14-9-6-8(7-13-17)4-5-10(9)15/h4-6,13,15,17H,7H2,1-3H3,(H,14,16). The van der Waals surface area contributed by atoms with Crippen molar-refractivity contribution < 1.29 is 19.8 Å². The summed E-state index contributed by atoms with van der Waals surface area (Å²) < 4.78 is 5.07. The zero-order valence-corrected chi connectivity index (χ0v) is 10.7. The molecule has 0 atom stereocenters. The van der Waals surface area contributed by atoms with Gasteiger partial charge in [0.25, 0.3) is 0 Å². The van der Waals surface area contributed by atoms with Gasteiger partial charge in [0.05, 0.1) is 5.69 Å². The molecule has 18 heavy (non-hydrogen) atoms. The predicted octanol–water partition coefficient (Wildman–Crippen LogP) is 2.22. The van der Waals surface area contributed by atoms with Gasteiger partial charge in [-0.3, -0.25) is 5.32 Å². The number of rotatable bonds is 3. The fourth-order valence-corrected chi connectivity index (χ4v) is 1.30. The molecule has 0 saturated carbocycles. The predicted molar refractivity (Wildman–Crippen MR) is 66.6 cm³/mol. The van der Waals surface area contributed by atoms with Gasteiger partial charge in [-0.25, -0.2) is 10.3 Å². The van der Waals surface area contributed by atoms with E-state index in [2.05, 4.69) is 5.32 Å². The lowest BCUT2D eigenvalue weighted by atomic mass is 10.2. The normalized spacial score (nSPS) is 11.1. The van der Waals surface area contributed by atoms with Crippen molar-refractivity contribution in [1.82, 2.24) is 5.48 Å². The number of aromatic hydroxyl groups is 1. The van der Waals surface area contributed by atoms with Crippen LogP contribution in [0.15, 0.2) is 18.2 Å². The lowest BCUT2D eigenvalue weighted by Gasteiger charge is -2.20. The highest BCUT2D eigenvalue weighted by atomic mass is 16.6. The number of phenols is 1. The third kappa shape index (κ3) is 4.60. The third-order valence-electron chi connectivity index (χ3n) is 1.98. The van der Waals surface area contributed by atoms with Gasteiger partial charge in [0.15, 0.2) is 0 Å². The first-order valence-electron chi connectivity index (χ1n) is 5.50. The molecule has 0 aliphatic rings. The highest BCUT2D eigenvalue weighted by molar-refractivity contribution is 5.87.